The largest absolute Gasteiger partial charge is 0.458 e. The van der Waals surface area contributed by atoms with E-state index in [0.29, 0.717) is 5.56 Å². The molecule has 0 fully saturated rings. The Morgan fingerprint density at radius 3 is 2.47 bits per heavy atom. The van der Waals surface area contributed by atoms with Gasteiger partial charge in [0.2, 0.25) is 6.54 Å². The van der Waals surface area contributed by atoms with Crippen molar-refractivity contribution in [2.45, 2.75) is 13.0 Å². The second kappa shape index (κ2) is 7.10. The number of carbonyl (C=O) groups is 2. The van der Waals surface area contributed by atoms with Gasteiger partial charge in [-0.1, -0.05) is 18.2 Å². The lowest BCUT2D eigenvalue weighted by atomic mass is 10.2. The van der Waals surface area contributed by atoms with Crippen LogP contribution < -0.4 is 0 Å². The highest BCUT2D eigenvalue weighted by atomic mass is 16.6. The SMILES string of the molecule is CC(=O)OC(COC(=O)c1ccccc1)C[N+](=O)[O-]. The topological polar surface area (TPSA) is 95.7 Å². The van der Waals surface area contributed by atoms with E-state index in [-0.39, 0.29) is 6.61 Å². The van der Waals surface area contributed by atoms with Crippen LogP contribution in [0.1, 0.15) is 17.3 Å². The van der Waals surface area contributed by atoms with Crippen molar-refractivity contribution in [1.29, 1.82) is 0 Å². The van der Waals surface area contributed by atoms with E-state index in [9.17, 15) is 19.7 Å². The fourth-order valence-corrected chi connectivity index (χ4v) is 1.35. The molecule has 0 aliphatic rings. The summed E-state index contributed by atoms with van der Waals surface area (Å²) in [5.74, 6) is -1.29. The molecule has 0 saturated heterocycles. The molecule has 0 amide bonds. The Labute approximate surface area is 109 Å². The molecule has 0 aromatic heterocycles. The summed E-state index contributed by atoms with van der Waals surface area (Å²) in [4.78, 5) is 32.1. The number of ether oxygens (including phenoxy) is 2. The monoisotopic (exact) mass is 267 g/mol. The maximum Gasteiger partial charge on any atom is 0.338 e. The summed E-state index contributed by atoms with van der Waals surface area (Å²) in [5, 5.41) is 10.4. The molecule has 0 aliphatic heterocycles. The van der Waals surface area contributed by atoms with E-state index in [1.807, 2.05) is 0 Å². The van der Waals surface area contributed by atoms with Gasteiger partial charge in [0.05, 0.1) is 5.56 Å². The van der Waals surface area contributed by atoms with Gasteiger partial charge in [-0.15, -0.1) is 0 Å². The summed E-state index contributed by atoms with van der Waals surface area (Å²) in [5.41, 5.74) is 0.324. The minimum absolute atomic E-state index is 0.324. The van der Waals surface area contributed by atoms with Gasteiger partial charge in [-0.3, -0.25) is 14.9 Å². The number of nitrogens with zero attached hydrogens (tertiary/aromatic N) is 1. The first-order valence-corrected chi connectivity index (χ1v) is 5.50. The number of esters is 2. The van der Waals surface area contributed by atoms with Crippen LogP contribution in [-0.4, -0.2) is 36.1 Å². The zero-order chi connectivity index (χ0) is 14.3. The van der Waals surface area contributed by atoms with Crippen molar-refractivity contribution in [1.82, 2.24) is 0 Å². The molecular formula is C12H13NO6. The first kappa shape index (κ1) is 14.6. The van der Waals surface area contributed by atoms with Crippen LogP contribution in [0.25, 0.3) is 0 Å². The molecule has 1 unspecified atom stereocenters. The molecule has 0 N–H and O–H groups in total. The summed E-state index contributed by atoms with van der Waals surface area (Å²) in [6, 6.07) is 8.17. The Bertz CT molecular complexity index is 443. The molecule has 1 rings (SSSR count). The third-order valence-corrected chi connectivity index (χ3v) is 2.10. The Balaban J connectivity index is 2.53. The molecule has 7 heteroatoms. The highest BCUT2D eigenvalue weighted by Crippen LogP contribution is 2.03. The van der Waals surface area contributed by atoms with Crippen molar-refractivity contribution in [3.63, 3.8) is 0 Å². The summed E-state index contributed by atoms with van der Waals surface area (Å²) < 4.78 is 9.56. The lowest BCUT2D eigenvalue weighted by Gasteiger charge is -2.13. The van der Waals surface area contributed by atoms with Gasteiger partial charge in [0.15, 0.2) is 6.10 Å². The highest BCUT2D eigenvalue weighted by molar-refractivity contribution is 5.89. The van der Waals surface area contributed by atoms with Gasteiger partial charge in [0.1, 0.15) is 6.61 Å². The molecule has 0 radical (unpaired) electrons. The van der Waals surface area contributed by atoms with E-state index >= 15 is 0 Å². The molecular weight excluding hydrogens is 254 g/mol. The molecule has 0 spiro atoms. The number of benzene rings is 1. The van der Waals surface area contributed by atoms with Crippen molar-refractivity contribution in [3.8, 4) is 0 Å². The van der Waals surface area contributed by atoms with Gasteiger partial charge >= 0.3 is 11.9 Å². The van der Waals surface area contributed by atoms with Crippen molar-refractivity contribution < 1.29 is 24.0 Å². The van der Waals surface area contributed by atoms with E-state index in [4.69, 9.17) is 4.74 Å². The third kappa shape index (κ3) is 5.62. The van der Waals surface area contributed by atoms with E-state index in [2.05, 4.69) is 4.74 Å². The van der Waals surface area contributed by atoms with Crippen molar-refractivity contribution in [2.24, 2.45) is 0 Å². The van der Waals surface area contributed by atoms with Crippen LogP contribution >= 0.6 is 0 Å². The normalized spacial score (nSPS) is 11.4. The first-order valence-electron chi connectivity index (χ1n) is 5.50. The second-order valence-corrected chi connectivity index (χ2v) is 3.71. The van der Waals surface area contributed by atoms with Gasteiger partial charge in [-0.25, -0.2) is 4.79 Å². The Hall–Kier alpha value is -2.44. The summed E-state index contributed by atoms with van der Waals surface area (Å²) >= 11 is 0. The van der Waals surface area contributed by atoms with Crippen LogP contribution in [0.2, 0.25) is 0 Å². The fourth-order valence-electron chi connectivity index (χ4n) is 1.35. The predicted octanol–water partition coefficient (Wildman–Crippen LogP) is 1.05. The van der Waals surface area contributed by atoms with Gasteiger partial charge in [0.25, 0.3) is 0 Å². The molecule has 1 aromatic carbocycles. The van der Waals surface area contributed by atoms with E-state index < -0.39 is 29.5 Å². The van der Waals surface area contributed by atoms with E-state index in [1.165, 1.54) is 0 Å². The Kier molecular flexibility index (Phi) is 5.46. The van der Waals surface area contributed by atoms with Crippen LogP contribution in [0, 0.1) is 10.1 Å². The molecule has 102 valence electrons. The molecule has 1 atom stereocenters. The van der Waals surface area contributed by atoms with Crippen molar-refractivity contribution in [3.05, 3.63) is 46.0 Å². The zero-order valence-electron chi connectivity index (χ0n) is 10.3. The highest BCUT2D eigenvalue weighted by Gasteiger charge is 2.21. The van der Waals surface area contributed by atoms with Crippen LogP contribution in [0.15, 0.2) is 30.3 Å². The summed E-state index contributed by atoms with van der Waals surface area (Å²) in [6.45, 7) is 0.169. The predicted molar refractivity (Wildman–Crippen MR) is 64.1 cm³/mol. The number of carbonyl (C=O) groups excluding carboxylic acids is 2. The average Bonchev–Trinajstić information content (AvgIpc) is 2.35. The lowest BCUT2D eigenvalue weighted by molar-refractivity contribution is -0.490. The molecule has 0 heterocycles. The summed E-state index contributed by atoms with van der Waals surface area (Å²) in [7, 11) is 0. The molecule has 19 heavy (non-hydrogen) atoms. The van der Waals surface area contributed by atoms with Crippen molar-refractivity contribution >= 4 is 11.9 Å². The molecule has 7 nitrogen and oxygen atoms in total. The molecule has 1 aromatic rings. The van der Waals surface area contributed by atoms with Crippen LogP contribution in [-0.2, 0) is 14.3 Å². The van der Waals surface area contributed by atoms with Crippen LogP contribution in [0.4, 0.5) is 0 Å². The second-order valence-electron chi connectivity index (χ2n) is 3.71. The van der Waals surface area contributed by atoms with Crippen LogP contribution in [0.3, 0.4) is 0 Å². The van der Waals surface area contributed by atoms with Gasteiger partial charge in [0, 0.05) is 11.8 Å². The zero-order valence-corrected chi connectivity index (χ0v) is 10.3. The number of hydrogen-bond acceptors (Lipinski definition) is 6. The van der Waals surface area contributed by atoms with Gasteiger partial charge in [-0.05, 0) is 12.1 Å². The quantitative estimate of drug-likeness (QED) is 0.434. The smallest absolute Gasteiger partial charge is 0.338 e. The minimum Gasteiger partial charge on any atom is -0.458 e. The number of hydrogen-bond donors (Lipinski definition) is 0. The van der Waals surface area contributed by atoms with Crippen LogP contribution in [0.5, 0.6) is 0 Å². The molecule has 0 aliphatic carbocycles. The maximum absolute atomic E-state index is 11.6. The number of nitro groups is 1. The molecule has 0 bridgehead atoms. The van der Waals surface area contributed by atoms with E-state index in [0.717, 1.165) is 6.92 Å². The van der Waals surface area contributed by atoms with Gasteiger partial charge < -0.3 is 9.47 Å². The fraction of sp³-hybridized carbons (Fsp3) is 0.333. The number of rotatable bonds is 6. The maximum atomic E-state index is 11.6. The standard InChI is InChI=1S/C12H13NO6/c1-9(14)19-11(7-13(16)17)8-18-12(15)10-5-3-2-4-6-10/h2-6,11H,7-8H2,1H3. The first-order chi connectivity index (χ1) is 8.99. The Morgan fingerprint density at radius 2 is 1.95 bits per heavy atom. The van der Waals surface area contributed by atoms with Crippen molar-refractivity contribution in [2.75, 3.05) is 13.2 Å². The van der Waals surface area contributed by atoms with E-state index in [1.54, 1.807) is 30.3 Å². The minimum atomic E-state index is -1.08. The summed E-state index contributed by atoms with van der Waals surface area (Å²) in [6.07, 6.45) is -1.08. The lowest BCUT2D eigenvalue weighted by Crippen LogP contribution is -2.31. The Morgan fingerprint density at radius 1 is 1.32 bits per heavy atom. The average molecular weight is 267 g/mol. The third-order valence-electron chi connectivity index (χ3n) is 2.10. The van der Waals surface area contributed by atoms with Gasteiger partial charge in [-0.2, -0.15) is 0 Å². The molecule has 0 saturated carbocycles.